The third-order valence-electron chi connectivity index (χ3n) is 3.21. The lowest BCUT2D eigenvalue weighted by molar-refractivity contribution is 0.411. The van der Waals surface area contributed by atoms with Gasteiger partial charge in [-0.2, -0.15) is 5.10 Å². The zero-order valence-corrected chi connectivity index (χ0v) is 11.1. The highest BCUT2D eigenvalue weighted by Crippen LogP contribution is 2.24. The summed E-state index contributed by atoms with van der Waals surface area (Å²) in [5, 5.41) is 21.1. The van der Waals surface area contributed by atoms with E-state index in [1.807, 2.05) is 24.3 Å². The number of benzene rings is 2. The van der Waals surface area contributed by atoms with E-state index in [2.05, 4.69) is 15.5 Å². The first kappa shape index (κ1) is 12.3. The molecular formula is C15H15N3O2. The summed E-state index contributed by atoms with van der Waals surface area (Å²) in [6, 6.07) is 11.1. The summed E-state index contributed by atoms with van der Waals surface area (Å²) in [6.07, 6.45) is 1.78. The van der Waals surface area contributed by atoms with Crippen LogP contribution in [0.25, 0.3) is 10.9 Å². The Hall–Kier alpha value is -2.69. The Morgan fingerprint density at radius 3 is 3.00 bits per heavy atom. The molecule has 2 aromatic carbocycles. The molecule has 0 unspecified atom stereocenters. The number of phenols is 1. The average Bonchev–Trinajstić information content (AvgIpc) is 2.94. The van der Waals surface area contributed by atoms with Crippen molar-refractivity contribution in [2.24, 2.45) is 0 Å². The third kappa shape index (κ3) is 2.38. The Kier molecular flexibility index (Phi) is 3.16. The molecule has 5 nitrogen and oxygen atoms in total. The van der Waals surface area contributed by atoms with Gasteiger partial charge in [0.1, 0.15) is 11.5 Å². The second kappa shape index (κ2) is 5.13. The van der Waals surface area contributed by atoms with Gasteiger partial charge in [0.2, 0.25) is 0 Å². The summed E-state index contributed by atoms with van der Waals surface area (Å²) in [5.74, 6) is 0.979. The molecule has 0 atom stereocenters. The van der Waals surface area contributed by atoms with Crippen LogP contribution in [0.5, 0.6) is 11.5 Å². The van der Waals surface area contributed by atoms with Gasteiger partial charge >= 0.3 is 0 Å². The highest BCUT2D eigenvalue weighted by atomic mass is 16.5. The number of nitrogens with zero attached hydrogens (tertiary/aromatic N) is 1. The van der Waals surface area contributed by atoms with E-state index in [9.17, 15) is 5.11 Å². The molecular weight excluding hydrogens is 254 g/mol. The molecule has 20 heavy (non-hydrogen) atoms. The number of fused-ring (bicyclic) bond motifs is 1. The Morgan fingerprint density at radius 2 is 2.15 bits per heavy atom. The number of hydrogen-bond acceptors (Lipinski definition) is 4. The molecule has 0 aliphatic rings. The number of aromatic hydroxyl groups is 1. The number of aromatic amines is 1. The van der Waals surface area contributed by atoms with Gasteiger partial charge in [-0.25, -0.2) is 0 Å². The van der Waals surface area contributed by atoms with E-state index in [-0.39, 0.29) is 5.75 Å². The summed E-state index contributed by atoms with van der Waals surface area (Å²) in [5.41, 5.74) is 2.76. The number of H-pyrrole nitrogens is 1. The van der Waals surface area contributed by atoms with Crippen LogP contribution in [-0.2, 0) is 6.54 Å². The number of aromatic nitrogens is 2. The Morgan fingerprint density at radius 1 is 1.25 bits per heavy atom. The fraction of sp³-hybridized carbons (Fsp3) is 0.133. The molecule has 0 aliphatic heterocycles. The van der Waals surface area contributed by atoms with Crippen LogP contribution in [0, 0.1) is 0 Å². The smallest absolute Gasteiger partial charge is 0.120 e. The fourth-order valence-corrected chi connectivity index (χ4v) is 2.08. The highest BCUT2D eigenvalue weighted by Gasteiger charge is 2.04. The fourth-order valence-electron chi connectivity index (χ4n) is 2.08. The van der Waals surface area contributed by atoms with Crippen LogP contribution in [0.3, 0.4) is 0 Å². The molecule has 0 radical (unpaired) electrons. The van der Waals surface area contributed by atoms with Crippen molar-refractivity contribution in [3.8, 4) is 11.5 Å². The van der Waals surface area contributed by atoms with E-state index in [4.69, 9.17) is 4.74 Å². The summed E-state index contributed by atoms with van der Waals surface area (Å²) in [4.78, 5) is 0. The van der Waals surface area contributed by atoms with E-state index in [1.165, 1.54) is 0 Å². The van der Waals surface area contributed by atoms with Crippen LogP contribution in [0.15, 0.2) is 42.6 Å². The van der Waals surface area contributed by atoms with E-state index in [1.54, 1.807) is 25.4 Å². The molecule has 0 fully saturated rings. The molecule has 102 valence electrons. The minimum Gasteiger partial charge on any atom is -0.508 e. The van der Waals surface area contributed by atoms with Gasteiger partial charge in [0.25, 0.3) is 0 Å². The topological polar surface area (TPSA) is 70.2 Å². The summed E-state index contributed by atoms with van der Waals surface area (Å²) in [7, 11) is 1.61. The lowest BCUT2D eigenvalue weighted by Crippen LogP contribution is -2.00. The van der Waals surface area contributed by atoms with Gasteiger partial charge in [-0.3, -0.25) is 5.10 Å². The van der Waals surface area contributed by atoms with Crippen LogP contribution >= 0.6 is 0 Å². The lowest BCUT2D eigenvalue weighted by atomic mass is 10.1. The van der Waals surface area contributed by atoms with Crippen molar-refractivity contribution in [2.45, 2.75) is 6.54 Å². The first-order valence-electron chi connectivity index (χ1n) is 6.29. The van der Waals surface area contributed by atoms with Gasteiger partial charge in [-0.05, 0) is 36.4 Å². The number of nitrogens with one attached hydrogen (secondary N) is 2. The van der Waals surface area contributed by atoms with Crippen molar-refractivity contribution in [1.29, 1.82) is 0 Å². The zero-order chi connectivity index (χ0) is 13.9. The molecule has 0 aliphatic carbocycles. The van der Waals surface area contributed by atoms with E-state index >= 15 is 0 Å². The van der Waals surface area contributed by atoms with Gasteiger partial charge in [-0.1, -0.05) is 0 Å². The first-order chi connectivity index (χ1) is 9.76. The van der Waals surface area contributed by atoms with E-state index in [0.717, 1.165) is 27.9 Å². The summed E-state index contributed by atoms with van der Waals surface area (Å²) >= 11 is 0. The molecule has 3 aromatic rings. The molecule has 1 aromatic heterocycles. The minimum absolute atomic E-state index is 0.252. The van der Waals surface area contributed by atoms with Crippen molar-refractivity contribution in [3.63, 3.8) is 0 Å². The van der Waals surface area contributed by atoms with E-state index < -0.39 is 0 Å². The van der Waals surface area contributed by atoms with Crippen molar-refractivity contribution < 1.29 is 9.84 Å². The van der Waals surface area contributed by atoms with Crippen molar-refractivity contribution in [3.05, 3.63) is 48.2 Å². The van der Waals surface area contributed by atoms with Crippen LogP contribution in [0.1, 0.15) is 5.56 Å². The van der Waals surface area contributed by atoms with Crippen LogP contribution in [0.2, 0.25) is 0 Å². The quantitative estimate of drug-likeness (QED) is 0.681. The zero-order valence-electron chi connectivity index (χ0n) is 11.1. The Balaban J connectivity index is 1.78. The second-order valence-electron chi connectivity index (χ2n) is 4.52. The standard InChI is InChI=1S/C15H15N3O2/c1-20-13-3-5-15(19)11(7-13)8-16-12-2-4-14-10(6-12)9-17-18-14/h2-7,9,16,19H,8H2,1H3,(H,17,18). The van der Waals surface area contributed by atoms with Gasteiger partial charge in [0, 0.05) is 23.2 Å². The lowest BCUT2D eigenvalue weighted by Gasteiger charge is -2.10. The third-order valence-corrected chi connectivity index (χ3v) is 3.21. The molecule has 3 N–H and O–H groups in total. The monoisotopic (exact) mass is 269 g/mol. The molecule has 5 heteroatoms. The number of hydrogen-bond donors (Lipinski definition) is 3. The minimum atomic E-state index is 0.252. The van der Waals surface area contributed by atoms with Gasteiger partial charge in [-0.15, -0.1) is 0 Å². The predicted molar refractivity (Wildman–Crippen MR) is 78.1 cm³/mol. The summed E-state index contributed by atoms with van der Waals surface area (Å²) < 4.78 is 5.16. The molecule has 1 heterocycles. The maximum atomic E-state index is 9.84. The average molecular weight is 269 g/mol. The predicted octanol–water partition coefficient (Wildman–Crippen LogP) is 2.89. The number of rotatable bonds is 4. The second-order valence-corrected chi connectivity index (χ2v) is 4.52. The molecule has 0 spiro atoms. The normalized spacial score (nSPS) is 10.7. The Labute approximate surface area is 116 Å². The van der Waals surface area contributed by atoms with Gasteiger partial charge < -0.3 is 15.2 Å². The van der Waals surface area contributed by atoms with Crippen LogP contribution in [-0.4, -0.2) is 22.4 Å². The maximum Gasteiger partial charge on any atom is 0.120 e. The first-order valence-corrected chi connectivity index (χ1v) is 6.29. The van der Waals surface area contributed by atoms with Crippen LogP contribution < -0.4 is 10.1 Å². The number of anilines is 1. The summed E-state index contributed by atoms with van der Waals surface area (Å²) in [6.45, 7) is 0.520. The van der Waals surface area contributed by atoms with E-state index in [0.29, 0.717) is 6.54 Å². The number of ether oxygens (including phenoxy) is 1. The molecule has 0 amide bonds. The van der Waals surface area contributed by atoms with Gasteiger partial charge in [0.05, 0.1) is 18.8 Å². The van der Waals surface area contributed by atoms with Gasteiger partial charge in [0.15, 0.2) is 0 Å². The van der Waals surface area contributed by atoms with Crippen molar-refractivity contribution >= 4 is 16.6 Å². The molecule has 3 rings (SSSR count). The Bertz CT molecular complexity index is 737. The molecule has 0 saturated heterocycles. The van der Waals surface area contributed by atoms with Crippen LogP contribution in [0.4, 0.5) is 5.69 Å². The maximum absolute atomic E-state index is 9.84. The van der Waals surface area contributed by atoms with Crippen molar-refractivity contribution in [1.82, 2.24) is 10.2 Å². The number of phenolic OH excluding ortho intramolecular Hbond substituents is 1. The van der Waals surface area contributed by atoms with Crippen molar-refractivity contribution in [2.75, 3.05) is 12.4 Å². The highest BCUT2D eigenvalue weighted by molar-refractivity contribution is 5.81. The largest absolute Gasteiger partial charge is 0.508 e. The SMILES string of the molecule is COc1ccc(O)c(CNc2ccc3[nH]ncc3c2)c1. The number of methoxy groups -OCH3 is 1. The molecule has 0 saturated carbocycles. The molecule has 0 bridgehead atoms.